The first-order valence-electron chi connectivity index (χ1n) is 4.49. The van der Waals surface area contributed by atoms with Crippen LogP contribution >= 0.6 is 0 Å². The van der Waals surface area contributed by atoms with Gasteiger partial charge in [0.15, 0.2) is 0 Å². The van der Waals surface area contributed by atoms with E-state index in [1.807, 2.05) is 0 Å². The molecular weight excluding hydrogens is 297 g/mol. The molecule has 0 amide bonds. The number of benzene rings is 1. The van der Waals surface area contributed by atoms with Crippen molar-refractivity contribution in [1.82, 2.24) is 0 Å². The Morgan fingerprint density at radius 2 is 1.76 bits per heavy atom. The topological polar surface area (TPSA) is 52.6 Å². The number of ether oxygens (including phenoxy) is 2. The van der Waals surface area contributed by atoms with Gasteiger partial charge in [-0.1, -0.05) is 12.1 Å². The number of carbonyl (C=O) groups is 2. The maximum atomic E-state index is 11.4. The minimum absolute atomic E-state index is 0. The van der Waals surface area contributed by atoms with Crippen molar-refractivity contribution >= 4 is 18.0 Å². The Bertz CT molecular complexity index is 440. The van der Waals surface area contributed by atoms with Gasteiger partial charge in [0, 0.05) is 32.7 Å². The van der Waals surface area contributed by atoms with Crippen LogP contribution in [-0.4, -0.2) is 26.2 Å². The molecule has 0 bridgehead atoms. The number of hydrogen-bond donors (Lipinski definition) is 0. The first-order valence-corrected chi connectivity index (χ1v) is 4.49. The predicted molar refractivity (Wildman–Crippen MR) is 57.9 cm³/mol. The average Bonchev–Trinajstić information content (AvgIpc) is 2.35. The smallest absolute Gasteiger partial charge is 0.337 e. The van der Waals surface area contributed by atoms with E-state index in [4.69, 9.17) is 6.58 Å². The van der Waals surface area contributed by atoms with E-state index in [-0.39, 0.29) is 43.8 Å². The number of rotatable bonds is 3. The third-order valence-electron chi connectivity index (χ3n) is 2.06. The van der Waals surface area contributed by atoms with Gasteiger partial charge < -0.3 is 9.47 Å². The van der Waals surface area contributed by atoms with Gasteiger partial charge in [0.2, 0.25) is 0 Å². The largest absolute Gasteiger partial charge is 0.467 e. The van der Waals surface area contributed by atoms with Gasteiger partial charge in [-0.15, -0.1) is 6.07 Å². The summed E-state index contributed by atoms with van der Waals surface area (Å²) in [6.45, 7) is 5.35. The zero-order valence-corrected chi connectivity index (χ0v) is 12.4. The summed E-state index contributed by atoms with van der Waals surface area (Å²) in [5, 5.41) is 0. The van der Waals surface area contributed by atoms with Gasteiger partial charge in [-0.05, 0) is 5.56 Å². The fourth-order valence-electron chi connectivity index (χ4n) is 1.23. The summed E-state index contributed by atoms with van der Waals surface area (Å²) in [4.78, 5) is 22.7. The second-order valence-corrected chi connectivity index (χ2v) is 2.95. The Labute approximate surface area is 125 Å². The first-order chi connectivity index (χ1) is 7.63. The molecule has 0 aromatic heterocycles. The molecule has 87 valence electrons. The van der Waals surface area contributed by atoms with E-state index in [0.717, 1.165) is 0 Å². The predicted octanol–water partition coefficient (Wildman–Crippen LogP) is 1.70. The maximum Gasteiger partial charge on any atom is 0.337 e. The molecule has 0 atom stereocenters. The summed E-state index contributed by atoms with van der Waals surface area (Å²) < 4.78 is 9.13. The fraction of sp³-hybridized carbons (Fsp3) is 0.167. The molecule has 0 saturated carbocycles. The monoisotopic (exact) mass is 308 g/mol. The van der Waals surface area contributed by atoms with E-state index in [1.54, 1.807) is 6.07 Å². The molecule has 0 saturated heterocycles. The SMILES string of the molecule is [CH-]=Cc1ccc(C(=O)OC)cc1C(=O)OC.[Y]. The van der Waals surface area contributed by atoms with Gasteiger partial charge in [0.1, 0.15) is 0 Å². The molecule has 4 nitrogen and oxygen atoms in total. The Morgan fingerprint density at radius 3 is 2.24 bits per heavy atom. The summed E-state index contributed by atoms with van der Waals surface area (Å²) in [5.74, 6) is -1.07. The summed E-state index contributed by atoms with van der Waals surface area (Å²) in [5.41, 5.74) is 1.00. The van der Waals surface area contributed by atoms with Crippen LogP contribution in [0, 0.1) is 6.58 Å². The Balaban J connectivity index is 0.00000256. The molecule has 1 aromatic rings. The van der Waals surface area contributed by atoms with Crippen molar-refractivity contribution in [2.45, 2.75) is 0 Å². The van der Waals surface area contributed by atoms with Crippen molar-refractivity contribution in [2.24, 2.45) is 0 Å². The summed E-state index contributed by atoms with van der Waals surface area (Å²) in [6.07, 6.45) is 1.27. The molecule has 0 aliphatic heterocycles. The van der Waals surface area contributed by atoms with Crippen molar-refractivity contribution in [3.8, 4) is 0 Å². The molecule has 0 fully saturated rings. The van der Waals surface area contributed by atoms with Crippen LogP contribution in [-0.2, 0) is 42.2 Å². The quantitative estimate of drug-likeness (QED) is 0.630. The van der Waals surface area contributed by atoms with Gasteiger partial charge in [0.05, 0.1) is 19.8 Å². The van der Waals surface area contributed by atoms with Gasteiger partial charge >= 0.3 is 11.9 Å². The van der Waals surface area contributed by atoms with Crippen LogP contribution < -0.4 is 0 Å². The average molecular weight is 308 g/mol. The zero-order chi connectivity index (χ0) is 12.1. The second kappa shape index (κ2) is 7.35. The molecular formula is C12H11O4Y-. The van der Waals surface area contributed by atoms with E-state index >= 15 is 0 Å². The molecule has 0 spiro atoms. The maximum absolute atomic E-state index is 11.4. The van der Waals surface area contributed by atoms with E-state index < -0.39 is 11.9 Å². The summed E-state index contributed by atoms with van der Waals surface area (Å²) in [7, 11) is 2.52. The third kappa shape index (κ3) is 3.75. The first kappa shape index (κ1) is 16.0. The van der Waals surface area contributed by atoms with Crippen molar-refractivity contribution < 1.29 is 51.8 Å². The molecule has 0 aliphatic carbocycles. The molecule has 1 rings (SSSR count). The van der Waals surface area contributed by atoms with Gasteiger partial charge in [0.25, 0.3) is 0 Å². The molecule has 1 radical (unpaired) electrons. The molecule has 0 unspecified atom stereocenters. The van der Waals surface area contributed by atoms with Crippen molar-refractivity contribution in [3.05, 3.63) is 41.5 Å². The van der Waals surface area contributed by atoms with Crippen molar-refractivity contribution in [3.63, 3.8) is 0 Å². The Morgan fingerprint density at radius 1 is 1.18 bits per heavy atom. The molecule has 1 aromatic carbocycles. The number of methoxy groups -OCH3 is 2. The van der Waals surface area contributed by atoms with Crippen LogP contribution in [0.5, 0.6) is 0 Å². The molecule has 0 aliphatic rings. The summed E-state index contributed by atoms with van der Waals surface area (Å²) in [6, 6.07) is 4.46. The minimum Gasteiger partial charge on any atom is -0.467 e. The zero-order valence-electron chi connectivity index (χ0n) is 9.60. The van der Waals surface area contributed by atoms with E-state index in [0.29, 0.717) is 5.56 Å². The Hall–Kier alpha value is -0.996. The van der Waals surface area contributed by atoms with Crippen LogP contribution in [0.3, 0.4) is 0 Å². The number of esters is 2. The van der Waals surface area contributed by atoms with Crippen LogP contribution in [0.2, 0.25) is 0 Å². The van der Waals surface area contributed by atoms with E-state index in [9.17, 15) is 9.59 Å². The Kier molecular flexibility index (Phi) is 6.92. The minimum atomic E-state index is -0.553. The summed E-state index contributed by atoms with van der Waals surface area (Å²) >= 11 is 0. The molecule has 5 heteroatoms. The van der Waals surface area contributed by atoms with E-state index in [1.165, 1.54) is 32.4 Å². The molecule has 0 heterocycles. The second-order valence-electron chi connectivity index (χ2n) is 2.95. The van der Waals surface area contributed by atoms with Crippen LogP contribution in [0.15, 0.2) is 18.2 Å². The van der Waals surface area contributed by atoms with Gasteiger partial charge in [-0.3, -0.25) is 6.58 Å². The normalized spacial score (nSPS) is 8.82. The van der Waals surface area contributed by atoms with Gasteiger partial charge in [-0.25, -0.2) is 15.7 Å². The van der Waals surface area contributed by atoms with Crippen molar-refractivity contribution in [1.29, 1.82) is 0 Å². The van der Waals surface area contributed by atoms with Crippen LogP contribution in [0.4, 0.5) is 0 Å². The number of carbonyl (C=O) groups excluding carboxylic acids is 2. The fourth-order valence-corrected chi connectivity index (χ4v) is 1.23. The number of hydrogen-bond acceptors (Lipinski definition) is 4. The van der Waals surface area contributed by atoms with Crippen LogP contribution in [0.1, 0.15) is 26.3 Å². The standard InChI is InChI=1S/C12H11O4.Y/c1-4-8-5-6-9(11(13)15-2)7-10(8)12(14)16-3;/h1,4-7H,2-3H3;/q-1;. The van der Waals surface area contributed by atoms with Gasteiger partial charge in [-0.2, -0.15) is 5.56 Å². The van der Waals surface area contributed by atoms with E-state index in [2.05, 4.69) is 9.47 Å². The van der Waals surface area contributed by atoms with Crippen LogP contribution in [0.25, 0.3) is 6.08 Å². The third-order valence-corrected chi connectivity index (χ3v) is 2.06. The van der Waals surface area contributed by atoms with Crippen molar-refractivity contribution in [2.75, 3.05) is 14.2 Å². The molecule has 17 heavy (non-hydrogen) atoms. The molecule has 0 N–H and O–H groups in total.